The standard InChI is InChI=1S/C7H7F3N2OS/c8-7(9,10)5-2-1-3-12(4-5)6(13)11-14/h1-2,4,14H,3H2,(H,11,13). The smallest absolute Gasteiger partial charge is 0.296 e. The zero-order valence-electron chi connectivity index (χ0n) is 6.88. The Morgan fingerprint density at radius 2 is 2.21 bits per heavy atom. The molecular formula is C7H7F3N2OS. The molecular weight excluding hydrogens is 217 g/mol. The Labute approximate surface area is 83.8 Å². The molecule has 0 aliphatic carbocycles. The fraction of sp³-hybridized carbons (Fsp3) is 0.286. The highest BCUT2D eigenvalue weighted by Crippen LogP contribution is 2.28. The molecule has 0 saturated carbocycles. The Balaban J connectivity index is 2.83. The molecule has 0 saturated heterocycles. The van der Waals surface area contributed by atoms with Crippen LogP contribution in [0.3, 0.4) is 0 Å². The van der Waals surface area contributed by atoms with E-state index in [1.165, 1.54) is 6.08 Å². The van der Waals surface area contributed by atoms with E-state index in [1.807, 2.05) is 4.72 Å². The molecule has 0 fully saturated rings. The van der Waals surface area contributed by atoms with Gasteiger partial charge in [-0.15, -0.1) is 0 Å². The van der Waals surface area contributed by atoms with Gasteiger partial charge in [-0.1, -0.05) is 25.0 Å². The third-order valence-corrected chi connectivity index (χ3v) is 1.77. The summed E-state index contributed by atoms with van der Waals surface area (Å²) in [6.45, 7) is 0.103. The van der Waals surface area contributed by atoms with Gasteiger partial charge in [-0.3, -0.25) is 9.62 Å². The predicted octanol–water partition coefficient (Wildman–Crippen LogP) is 1.86. The van der Waals surface area contributed by atoms with Crippen LogP contribution in [-0.2, 0) is 0 Å². The molecule has 1 aliphatic heterocycles. The minimum Gasteiger partial charge on any atom is -0.296 e. The molecule has 0 radical (unpaired) electrons. The molecule has 78 valence electrons. The number of carbonyl (C=O) groups excluding carboxylic acids is 1. The molecule has 1 heterocycles. The van der Waals surface area contributed by atoms with Gasteiger partial charge in [0.15, 0.2) is 0 Å². The number of urea groups is 1. The summed E-state index contributed by atoms with van der Waals surface area (Å²) < 4.78 is 38.5. The molecule has 7 heteroatoms. The number of allylic oxidation sites excluding steroid dienone is 2. The Hall–Kier alpha value is -1.11. The molecule has 0 aromatic carbocycles. The van der Waals surface area contributed by atoms with E-state index < -0.39 is 17.8 Å². The van der Waals surface area contributed by atoms with Gasteiger partial charge in [0.1, 0.15) is 0 Å². The number of halogens is 3. The maximum atomic E-state index is 12.2. The quantitative estimate of drug-likeness (QED) is 0.605. The van der Waals surface area contributed by atoms with Crippen molar-refractivity contribution in [2.45, 2.75) is 6.18 Å². The van der Waals surface area contributed by atoms with E-state index in [-0.39, 0.29) is 6.54 Å². The zero-order valence-corrected chi connectivity index (χ0v) is 7.77. The van der Waals surface area contributed by atoms with Crippen LogP contribution in [0.4, 0.5) is 18.0 Å². The summed E-state index contributed by atoms with van der Waals surface area (Å²) in [5, 5.41) is 0. The number of nitrogens with one attached hydrogen (secondary N) is 1. The summed E-state index contributed by atoms with van der Waals surface area (Å²) >= 11 is 3.45. The summed E-state index contributed by atoms with van der Waals surface area (Å²) in [5.74, 6) is 0. The molecule has 14 heavy (non-hydrogen) atoms. The normalized spacial score (nSPS) is 16.6. The molecule has 0 atom stereocenters. The van der Waals surface area contributed by atoms with Gasteiger partial charge in [0.2, 0.25) is 0 Å². The molecule has 0 aromatic heterocycles. The number of alkyl halides is 3. The van der Waals surface area contributed by atoms with E-state index >= 15 is 0 Å². The topological polar surface area (TPSA) is 32.3 Å². The lowest BCUT2D eigenvalue weighted by atomic mass is 10.2. The highest BCUT2D eigenvalue weighted by atomic mass is 32.1. The highest BCUT2D eigenvalue weighted by molar-refractivity contribution is 7.78. The molecule has 0 bridgehead atoms. The van der Waals surface area contributed by atoms with Crippen molar-refractivity contribution in [3.05, 3.63) is 23.9 Å². The first-order chi connectivity index (χ1) is 6.45. The van der Waals surface area contributed by atoms with Crippen molar-refractivity contribution in [2.75, 3.05) is 6.54 Å². The lowest BCUT2D eigenvalue weighted by molar-refractivity contribution is -0.0892. The van der Waals surface area contributed by atoms with Crippen LogP contribution in [0.1, 0.15) is 0 Å². The van der Waals surface area contributed by atoms with E-state index in [9.17, 15) is 18.0 Å². The van der Waals surface area contributed by atoms with Crippen LogP contribution in [-0.4, -0.2) is 23.7 Å². The molecule has 0 spiro atoms. The second-order valence-electron chi connectivity index (χ2n) is 2.55. The van der Waals surface area contributed by atoms with Gasteiger partial charge >= 0.3 is 12.2 Å². The zero-order chi connectivity index (χ0) is 10.8. The first kappa shape index (κ1) is 11.0. The van der Waals surface area contributed by atoms with E-state index in [0.717, 1.165) is 17.2 Å². The van der Waals surface area contributed by atoms with Gasteiger partial charge in [-0.05, 0) is 0 Å². The van der Waals surface area contributed by atoms with E-state index in [4.69, 9.17) is 0 Å². The van der Waals surface area contributed by atoms with E-state index in [1.54, 1.807) is 0 Å². The van der Waals surface area contributed by atoms with Crippen LogP contribution >= 0.6 is 12.8 Å². The minimum atomic E-state index is -4.44. The number of hydrogen-bond acceptors (Lipinski definition) is 2. The number of nitrogens with zero attached hydrogens (tertiary/aromatic N) is 1. The Morgan fingerprint density at radius 3 is 2.71 bits per heavy atom. The lowest BCUT2D eigenvalue weighted by Gasteiger charge is -2.21. The van der Waals surface area contributed by atoms with E-state index in [2.05, 4.69) is 12.8 Å². The Bertz CT molecular complexity index is 298. The third kappa shape index (κ3) is 2.44. The molecule has 1 rings (SSSR count). The first-order valence-corrected chi connectivity index (χ1v) is 4.06. The summed E-state index contributed by atoms with van der Waals surface area (Å²) in [4.78, 5) is 11.8. The van der Waals surface area contributed by atoms with Crippen LogP contribution in [0.25, 0.3) is 0 Å². The summed E-state index contributed by atoms with van der Waals surface area (Å²) in [5.41, 5.74) is -0.860. The molecule has 0 aromatic rings. The van der Waals surface area contributed by atoms with Crippen LogP contribution in [0.2, 0.25) is 0 Å². The third-order valence-electron chi connectivity index (χ3n) is 1.58. The van der Waals surface area contributed by atoms with Gasteiger partial charge < -0.3 is 0 Å². The van der Waals surface area contributed by atoms with Crippen molar-refractivity contribution in [1.29, 1.82) is 0 Å². The lowest BCUT2D eigenvalue weighted by Crippen LogP contribution is -2.34. The number of carbonyl (C=O) groups is 1. The van der Waals surface area contributed by atoms with Crippen molar-refractivity contribution in [2.24, 2.45) is 0 Å². The number of thiol groups is 1. The van der Waals surface area contributed by atoms with Crippen molar-refractivity contribution < 1.29 is 18.0 Å². The van der Waals surface area contributed by atoms with Crippen molar-refractivity contribution in [3.8, 4) is 0 Å². The SMILES string of the molecule is O=C(NS)N1C=C(C(F)(F)F)C=CC1. The summed E-state index contributed by atoms with van der Waals surface area (Å²) in [7, 11) is 0. The maximum Gasteiger partial charge on any atom is 0.417 e. The first-order valence-electron chi connectivity index (χ1n) is 3.61. The number of rotatable bonds is 0. The van der Waals surface area contributed by atoms with Crippen molar-refractivity contribution in [3.63, 3.8) is 0 Å². The van der Waals surface area contributed by atoms with Gasteiger partial charge in [-0.25, -0.2) is 4.79 Å². The van der Waals surface area contributed by atoms with Crippen molar-refractivity contribution in [1.82, 2.24) is 9.62 Å². The van der Waals surface area contributed by atoms with Gasteiger partial charge in [0.25, 0.3) is 0 Å². The fourth-order valence-electron chi connectivity index (χ4n) is 0.930. The number of hydrogen-bond donors (Lipinski definition) is 2. The van der Waals surface area contributed by atoms with Crippen LogP contribution in [0.5, 0.6) is 0 Å². The monoisotopic (exact) mass is 224 g/mol. The Morgan fingerprint density at radius 1 is 1.57 bits per heavy atom. The molecule has 2 amide bonds. The molecule has 0 unspecified atom stereocenters. The minimum absolute atomic E-state index is 0.103. The summed E-state index contributed by atoms with van der Waals surface area (Å²) in [6, 6.07) is -0.695. The average molecular weight is 224 g/mol. The predicted molar refractivity (Wildman–Crippen MR) is 47.5 cm³/mol. The maximum absolute atomic E-state index is 12.2. The fourth-order valence-corrected chi connectivity index (χ4v) is 1.06. The van der Waals surface area contributed by atoms with Crippen LogP contribution < -0.4 is 4.72 Å². The largest absolute Gasteiger partial charge is 0.417 e. The van der Waals surface area contributed by atoms with Crippen molar-refractivity contribution >= 4 is 18.8 Å². The van der Waals surface area contributed by atoms with Gasteiger partial charge in [-0.2, -0.15) is 13.2 Å². The van der Waals surface area contributed by atoms with Gasteiger partial charge in [0.05, 0.1) is 5.57 Å². The summed E-state index contributed by atoms with van der Waals surface area (Å²) in [6.07, 6.45) is -1.51. The molecule has 1 N–H and O–H groups in total. The van der Waals surface area contributed by atoms with Crippen LogP contribution in [0, 0.1) is 0 Å². The van der Waals surface area contributed by atoms with Gasteiger partial charge in [0, 0.05) is 12.7 Å². The van der Waals surface area contributed by atoms with Crippen LogP contribution in [0.15, 0.2) is 23.9 Å². The highest BCUT2D eigenvalue weighted by Gasteiger charge is 2.34. The second kappa shape index (κ2) is 3.95. The number of amides is 2. The second-order valence-corrected chi connectivity index (χ2v) is 2.78. The molecule has 3 nitrogen and oxygen atoms in total. The Kier molecular flexibility index (Phi) is 3.10. The van der Waals surface area contributed by atoms with E-state index in [0.29, 0.717) is 0 Å². The average Bonchev–Trinajstić information content (AvgIpc) is 2.15. The molecule has 1 aliphatic rings.